The zero-order valence-electron chi connectivity index (χ0n) is 15.5. The first-order valence-electron chi connectivity index (χ1n) is 8.61. The van der Waals surface area contributed by atoms with Gasteiger partial charge in [-0.15, -0.1) is 11.3 Å². The molecule has 10 heteroatoms. The van der Waals surface area contributed by atoms with Crippen molar-refractivity contribution in [2.24, 2.45) is 0 Å². The molecule has 156 valence electrons. The predicted octanol–water partition coefficient (Wildman–Crippen LogP) is 4.26. The quantitative estimate of drug-likeness (QED) is 0.560. The molecule has 0 bridgehead atoms. The summed E-state index contributed by atoms with van der Waals surface area (Å²) in [7, 11) is -2.55. The van der Waals surface area contributed by atoms with Gasteiger partial charge in [-0.05, 0) is 41.5 Å². The van der Waals surface area contributed by atoms with Gasteiger partial charge in [0.05, 0.1) is 12.9 Å². The van der Waals surface area contributed by atoms with Crippen molar-refractivity contribution >= 4 is 38.7 Å². The highest BCUT2D eigenvalue weighted by Crippen LogP contribution is 2.42. The Kier molecular flexibility index (Phi) is 5.35. The average molecular weight is 467 g/mol. The number of thiophene rings is 1. The van der Waals surface area contributed by atoms with Gasteiger partial charge in [-0.2, -0.15) is 0 Å². The lowest BCUT2D eigenvalue weighted by Crippen LogP contribution is -2.05. The largest absolute Gasteiger partial charge is 0.507 e. The van der Waals surface area contributed by atoms with Crippen LogP contribution in [0.15, 0.2) is 46.7 Å². The molecule has 1 aliphatic rings. The van der Waals surface area contributed by atoms with Crippen LogP contribution in [0.5, 0.6) is 17.2 Å². The number of hydrogen-bond donors (Lipinski definition) is 1. The maximum Gasteiger partial charge on any atom is 0.341 e. The van der Waals surface area contributed by atoms with E-state index in [4.69, 9.17) is 21.1 Å². The Labute approximate surface area is 181 Å². The average Bonchev–Trinajstić information content (AvgIpc) is 3.33. The number of carbonyl (C=O) groups excluding carboxylic acids is 1. The van der Waals surface area contributed by atoms with Crippen molar-refractivity contribution in [2.45, 2.75) is 9.96 Å². The van der Waals surface area contributed by atoms with E-state index in [2.05, 4.69) is 4.74 Å². The number of aromatic hydroxyl groups is 1. The lowest BCUT2D eigenvalue weighted by molar-refractivity contribution is 0.0597. The van der Waals surface area contributed by atoms with Crippen molar-refractivity contribution < 1.29 is 32.5 Å². The van der Waals surface area contributed by atoms with Gasteiger partial charge < -0.3 is 19.3 Å². The van der Waals surface area contributed by atoms with E-state index >= 15 is 0 Å². The van der Waals surface area contributed by atoms with Crippen molar-refractivity contribution in [3.05, 3.63) is 57.9 Å². The summed E-state index contributed by atoms with van der Waals surface area (Å²) in [5, 5.41) is 10.00. The number of rotatable bonds is 5. The smallest absolute Gasteiger partial charge is 0.341 e. The molecule has 0 radical (unpaired) electrons. The number of ether oxygens (including phenoxy) is 3. The zero-order valence-corrected chi connectivity index (χ0v) is 17.9. The molecule has 0 fully saturated rings. The van der Waals surface area contributed by atoms with Gasteiger partial charge in [-0.3, -0.25) is 0 Å². The van der Waals surface area contributed by atoms with E-state index in [0.717, 1.165) is 11.3 Å². The van der Waals surface area contributed by atoms with Gasteiger partial charge in [0.1, 0.15) is 19.9 Å². The number of halogens is 1. The zero-order chi connectivity index (χ0) is 21.5. The number of phenolic OH excluding ortho intramolecular Hbond substituents is 1. The molecule has 1 N–H and O–H groups in total. The number of hydrogen-bond acceptors (Lipinski definition) is 8. The Balaban J connectivity index is 1.62. The fourth-order valence-corrected chi connectivity index (χ4v) is 6.18. The minimum atomic E-state index is -3.74. The van der Waals surface area contributed by atoms with Gasteiger partial charge in [0, 0.05) is 5.56 Å². The van der Waals surface area contributed by atoms with Crippen LogP contribution in [0.3, 0.4) is 0 Å². The summed E-state index contributed by atoms with van der Waals surface area (Å²) in [6, 6.07) is 10.8. The summed E-state index contributed by atoms with van der Waals surface area (Å²) in [6.45, 7) is 0.136. The van der Waals surface area contributed by atoms with Crippen molar-refractivity contribution in [3.63, 3.8) is 0 Å². The van der Waals surface area contributed by atoms with E-state index in [1.54, 1.807) is 18.2 Å². The van der Waals surface area contributed by atoms with Gasteiger partial charge in [-0.25, -0.2) is 13.2 Å². The van der Waals surface area contributed by atoms with E-state index < -0.39 is 15.8 Å². The summed E-state index contributed by atoms with van der Waals surface area (Å²) in [5.74, 6) is -0.229. The molecule has 0 aliphatic carbocycles. The maximum atomic E-state index is 12.9. The Bertz CT molecular complexity index is 1250. The van der Waals surface area contributed by atoms with Crippen LogP contribution in [0.1, 0.15) is 15.9 Å². The molecule has 1 aliphatic heterocycles. The standard InChI is InChI=1S/C20H15ClO7S2/c1-26-20(23)13-4-2-11(6-15(13)22)9-30(24,25)18-8-14(19(21)29-18)12-3-5-16-17(7-12)28-10-27-16/h2-8,22H,9-10H2,1H3. The Morgan fingerprint density at radius 2 is 1.93 bits per heavy atom. The summed E-state index contributed by atoms with van der Waals surface area (Å²) >= 11 is 7.28. The second-order valence-electron chi connectivity index (χ2n) is 6.42. The SMILES string of the molecule is COC(=O)c1ccc(CS(=O)(=O)c2cc(-c3ccc4c(c3)OCO4)c(Cl)s2)cc1O. The molecule has 3 aromatic rings. The number of sulfone groups is 1. The number of carbonyl (C=O) groups is 1. The molecule has 2 aromatic carbocycles. The molecule has 1 aromatic heterocycles. The van der Waals surface area contributed by atoms with Gasteiger partial charge in [0.2, 0.25) is 6.79 Å². The second-order valence-corrected chi connectivity index (χ2v) is 10.3. The molecule has 0 saturated carbocycles. The van der Waals surface area contributed by atoms with Crippen LogP contribution >= 0.6 is 22.9 Å². The van der Waals surface area contributed by atoms with Crippen LogP contribution in [-0.4, -0.2) is 33.4 Å². The van der Waals surface area contributed by atoms with E-state index in [9.17, 15) is 18.3 Å². The molecule has 0 saturated heterocycles. The van der Waals surface area contributed by atoms with Crippen LogP contribution in [0, 0.1) is 0 Å². The van der Waals surface area contributed by atoms with Gasteiger partial charge in [0.15, 0.2) is 21.3 Å². The Morgan fingerprint density at radius 3 is 2.67 bits per heavy atom. The highest BCUT2D eigenvalue weighted by atomic mass is 35.5. The molecule has 4 rings (SSSR count). The van der Waals surface area contributed by atoms with Gasteiger partial charge in [-0.1, -0.05) is 23.7 Å². The fraction of sp³-hybridized carbons (Fsp3) is 0.150. The fourth-order valence-electron chi connectivity index (χ4n) is 3.00. The van der Waals surface area contributed by atoms with Gasteiger partial charge >= 0.3 is 5.97 Å². The third-order valence-electron chi connectivity index (χ3n) is 4.48. The molecule has 7 nitrogen and oxygen atoms in total. The van der Waals surface area contributed by atoms with Crippen LogP contribution in [0.2, 0.25) is 4.34 Å². The Morgan fingerprint density at radius 1 is 1.17 bits per heavy atom. The lowest BCUT2D eigenvalue weighted by atomic mass is 10.1. The van der Waals surface area contributed by atoms with Crippen LogP contribution in [0.25, 0.3) is 11.1 Å². The first-order chi connectivity index (χ1) is 14.3. The molecule has 0 spiro atoms. The molecule has 2 heterocycles. The van der Waals surface area contributed by atoms with E-state index in [1.807, 2.05) is 0 Å². The van der Waals surface area contributed by atoms with Crippen LogP contribution in [0.4, 0.5) is 0 Å². The summed E-state index contributed by atoms with van der Waals surface area (Å²) in [5.41, 5.74) is 1.57. The maximum absolute atomic E-state index is 12.9. The first kappa shape index (κ1) is 20.5. The topological polar surface area (TPSA) is 99.1 Å². The monoisotopic (exact) mass is 466 g/mol. The van der Waals surface area contributed by atoms with Crippen molar-refractivity contribution in [2.75, 3.05) is 13.9 Å². The highest BCUT2D eigenvalue weighted by molar-refractivity contribution is 7.92. The normalized spacial score (nSPS) is 12.7. The molecule has 30 heavy (non-hydrogen) atoms. The highest BCUT2D eigenvalue weighted by Gasteiger charge is 2.23. The van der Waals surface area contributed by atoms with Crippen LogP contribution < -0.4 is 9.47 Å². The third-order valence-corrected chi connectivity index (χ3v) is 8.09. The molecule has 0 atom stereocenters. The number of phenols is 1. The summed E-state index contributed by atoms with van der Waals surface area (Å²) < 4.78 is 41.5. The van der Waals surface area contributed by atoms with E-state index in [1.165, 1.54) is 31.4 Å². The predicted molar refractivity (Wildman–Crippen MR) is 111 cm³/mol. The number of esters is 1. The van der Waals surface area contributed by atoms with Crippen molar-refractivity contribution in [1.82, 2.24) is 0 Å². The summed E-state index contributed by atoms with van der Waals surface area (Å²) in [4.78, 5) is 11.6. The summed E-state index contributed by atoms with van der Waals surface area (Å²) in [6.07, 6.45) is 0. The molecule has 0 unspecified atom stereocenters. The van der Waals surface area contributed by atoms with E-state index in [0.29, 0.717) is 32.5 Å². The minimum absolute atomic E-state index is 0.0390. The van der Waals surface area contributed by atoms with E-state index in [-0.39, 0.29) is 28.1 Å². The minimum Gasteiger partial charge on any atom is -0.507 e. The Hall–Kier alpha value is -2.75. The molecular formula is C20H15ClO7S2. The van der Waals surface area contributed by atoms with Crippen molar-refractivity contribution in [3.8, 4) is 28.4 Å². The number of benzene rings is 2. The van der Waals surface area contributed by atoms with Crippen molar-refractivity contribution in [1.29, 1.82) is 0 Å². The van der Waals surface area contributed by atoms with Crippen LogP contribution in [-0.2, 0) is 20.3 Å². The number of methoxy groups -OCH3 is 1. The third kappa shape index (κ3) is 3.83. The molecule has 0 amide bonds. The number of fused-ring (bicyclic) bond motifs is 1. The first-order valence-corrected chi connectivity index (χ1v) is 11.5. The second kappa shape index (κ2) is 7.82. The molecular weight excluding hydrogens is 452 g/mol. The lowest BCUT2D eigenvalue weighted by Gasteiger charge is -2.06. The van der Waals surface area contributed by atoms with Gasteiger partial charge in [0.25, 0.3) is 0 Å².